The lowest BCUT2D eigenvalue weighted by atomic mass is 9.57. The molecule has 0 amide bonds. The molecule has 0 aliphatic heterocycles. The minimum absolute atomic E-state index is 0.146. The molecule has 1 aromatic rings. The predicted molar refractivity (Wildman–Crippen MR) is 71.0 cm³/mol. The summed E-state index contributed by atoms with van der Waals surface area (Å²) < 4.78 is 5.26. The van der Waals surface area contributed by atoms with Crippen LogP contribution in [0.15, 0.2) is 24.3 Å². The van der Waals surface area contributed by atoms with Gasteiger partial charge in [0.2, 0.25) is 0 Å². The molecule has 2 N–H and O–H groups in total. The summed E-state index contributed by atoms with van der Waals surface area (Å²) in [5.74, 6) is 1.62. The molecule has 17 heavy (non-hydrogen) atoms. The molecule has 1 aliphatic carbocycles. The van der Waals surface area contributed by atoms with Gasteiger partial charge in [0, 0.05) is 5.54 Å². The summed E-state index contributed by atoms with van der Waals surface area (Å²) >= 11 is 0. The molecular formula is C15H23NO. The summed E-state index contributed by atoms with van der Waals surface area (Å²) in [6, 6.07) is 8.17. The summed E-state index contributed by atoms with van der Waals surface area (Å²) in [6.45, 7) is 6.88. The van der Waals surface area contributed by atoms with E-state index >= 15 is 0 Å². The molecule has 1 aliphatic rings. The highest BCUT2D eigenvalue weighted by Gasteiger charge is 2.46. The van der Waals surface area contributed by atoms with Crippen molar-refractivity contribution in [3.63, 3.8) is 0 Å². The van der Waals surface area contributed by atoms with Crippen LogP contribution >= 0.6 is 0 Å². The molecule has 1 fully saturated rings. The van der Waals surface area contributed by atoms with Crippen molar-refractivity contribution in [3.8, 4) is 5.75 Å². The molecule has 0 saturated heterocycles. The Hall–Kier alpha value is -1.02. The first kappa shape index (κ1) is 12.4. The van der Waals surface area contributed by atoms with Gasteiger partial charge >= 0.3 is 0 Å². The zero-order chi connectivity index (χ0) is 12.7. The topological polar surface area (TPSA) is 35.2 Å². The highest BCUT2D eigenvalue weighted by atomic mass is 16.5. The minimum Gasteiger partial charge on any atom is -0.497 e. The average Bonchev–Trinajstić information content (AvgIpc) is 2.23. The van der Waals surface area contributed by atoms with Gasteiger partial charge < -0.3 is 10.5 Å². The Morgan fingerprint density at radius 3 is 2.47 bits per heavy atom. The quantitative estimate of drug-likeness (QED) is 0.850. The van der Waals surface area contributed by atoms with Crippen LogP contribution in [0.5, 0.6) is 5.75 Å². The zero-order valence-corrected chi connectivity index (χ0v) is 11.3. The van der Waals surface area contributed by atoms with E-state index in [0.717, 1.165) is 24.5 Å². The Morgan fingerprint density at radius 1 is 1.29 bits per heavy atom. The second-order valence-corrected chi connectivity index (χ2v) is 6.36. The largest absolute Gasteiger partial charge is 0.497 e. The molecule has 0 atom stereocenters. The monoisotopic (exact) mass is 233 g/mol. The molecule has 2 heteroatoms. The van der Waals surface area contributed by atoms with Crippen molar-refractivity contribution in [1.29, 1.82) is 0 Å². The lowest BCUT2D eigenvalue weighted by Crippen LogP contribution is -2.52. The third kappa shape index (κ3) is 2.32. The van der Waals surface area contributed by atoms with Crippen molar-refractivity contribution in [2.45, 2.75) is 39.2 Å². The van der Waals surface area contributed by atoms with Crippen LogP contribution in [0.25, 0.3) is 0 Å². The van der Waals surface area contributed by atoms with Crippen molar-refractivity contribution < 1.29 is 4.74 Å². The van der Waals surface area contributed by atoms with Gasteiger partial charge in [-0.1, -0.05) is 32.9 Å². The summed E-state index contributed by atoms with van der Waals surface area (Å²) in [5, 5.41) is 0. The maximum absolute atomic E-state index is 6.48. The first-order chi connectivity index (χ1) is 7.85. The SMILES string of the molecule is COc1cccc(C2(N)CC(C(C)(C)C)C2)c1. The average molecular weight is 233 g/mol. The van der Waals surface area contributed by atoms with Gasteiger partial charge in [-0.25, -0.2) is 0 Å². The van der Waals surface area contributed by atoms with Gasteiger partial charge in [0.1, 0.15) is 5.75 Å². The standard InChI is InChI=1S/C15H23NO/c1-14(2,3)12-9-15(16,10-12)11-6-5-7-13(8-11)17-4/h5-8,12H,9-10,16H2,1-4H3. The fraction of sp³-hybridized carbons (Fsp3) is 0.600. The molecule has 2 rings (SSSR count). The minimum atomic E-state index is -0.146. The van der Waals surface area contributed by atoms with E-state index in [1.165, 1.54) is 5.56 Å². The number of hydrogen-bond donors (Lipinski definition) is 1. The Bertz CT molecular complexity index is 400. The van der Waals surface area contributed by atoms with Gasteiger partial charge in [-0.2, -0.15) is 0 Å². The molecule has 0 aromatic heterocycles. The second kappa shape index (κ2) is 4.02. The van der Waals surface area contributed by atoms with Crippen LogP contribution in [-0.2, 0) is 5.54 Å². The summed E-state index contributed by atoms with van der Waals surface area (Å²) in [5.41, 5.74) is 7.90. The lowest BCUT2D eigenvalue weighted by molar-refractivity contribution is 0.0488. The number of methoxy groups -OCH3 is 1. The Labute approximate surface area is 104 Å². The molecule has 0 unspecified atom stereocenters. The van der Waals surface area contributed by atoms with Gasteiger partial charge in [0.25, 0.3) is 0 Å². The fourth-order valence-electron chi connectivity index (χ4n) is 2.60. The smallest absolute Gasteiger partial charge is 0.119 e. The molecule has 0 radical (unpaired) electrons. The van der Waals surface area contributed by atoms with E-state index in [4.69, 9.17) is 10.5 Å². The van der Waals surface area contributed by atoms with Crippen LogP contribution in [0.3, 0.4) is 0 Å². The van der Waals surface area contributed by atoms with Gasteiger partial charge in [0.05, 0.1) is 7.11 Å². The molecule has 0 spiro atoms. The maximum atomic E-state index is 6.48. The van der Waals surface area contributed by atoms with E-state index in [0.29, 0.717) is 5.41 Å². The molecule has 2 nitrogen and oxygen atoms in total. The third-order valence-corrected chi connectivity index (χ3v) is 4.09. The van der Waals surface area contributed by atoms with Gasteiger partial charge in [0.15, 0.2) is 0 Å². The predicted octanol–water partition coefficient (Wildman–Crippen LogP) is 3.31. The number of hydrogen-bond acceptors (Lipinski definition) is 2. The van der Waals surface area contributed by atoms with E-state index in [-0.39, 0.29) is 5.54 Å². The summed E-state index contributed by atoms with van der Waals surface area (Å²) in [4.78, 5) is 0. The zero-order valence-electron chi connectivity index (χ0n) is 11.3. The summed E-state index contributed by atoms with van der Waals surface area (Å²) in [7, 11) is 1.70. The maximum Gasteiger partial charge on any atom is 0.119 e. The van der Waals surface area contributed by atoms with Crippen LogP contribution in [0.2, 0.25) is 0 Å². The molecular weight excluding hydrogens is 210 g/mol. The Kier molecular flexibility index (Phi) is 2.94. The fourth-order valence-corrected chi connectivity index (χ4v) is 2.60. The Morgan fingerprint density at radius 2 is 1.94 bits per heavy atom. The number of benzene rings is 1. The molecule has 1 aromatic carbocycles. The van der Waals surface area contributed by atoms with Crippen LogP contribution < -0.4 is 10.5 Å². The van der Waals surface area contributed by atoms with Crippen LogP contribution in [-0.4, -0.2) is 7.11 Å². The van der Waals surface area contributed by atoms with E-state index in [1.54, 1.807) is 7.11 Å². The van der Waals surface area contributed by atoms with Gasteiger partial charge in [-0.05, 0) is 41.9 Å². The van der Waals surface area contributed by atoms with E-state index in [9.17, 15) is 0 Å². The number of ether oxygens (including phenoxy) is 1. The second-order valence-electron chi connectivity index (χ2n) is 6.36. The van der Waals surface area contributed by atoms with Crippen LogP contribution in [0.1, 0.15) is 39.2 Å². The lowest BCUT2D eigenvalue weighted by Gasteiger charge is -2.51. The molecule has 94 valence electrons. The third-order valence-electron chi connectivity index (χ3n) is 4.09. The normalized spacial score (nSPS) is 28.6. The van der Waals surface area contributed by atoms with Crippen LogP contribution in [0.4, 0.5) is 0 Å². The van der Waals surface area contributed by atoms with Gasteiger partial charge in [-0.15, -0.1) is 0 Å². The molecule has 0 bridgehead atoms. The first-order valence-corrected chi connectivity index (χ1v) is 6.28. The Balaban J connectivity index is 2.14. The molecule has 1 saturated carbocycles. The van der Waals surface area contributed by atoms with E-state index in [2.05, 4.69) is 32.9 Å². The van der Waals surface area contributed by atoms with Gasteiger partial charge in [-0.3, -0.25) is 0 Å². The van der Waals surface area contributed by atoms with Crippen molar-refractivity contribution in [2.24, 2.45) is 17.1 Å². The summed E-state index contributed by atoms with van der Waals surface area (Å²) in [6.07, 6.45) is 2.15. The van der Waals surface area contributed by atoms with Crippen LogP contribution in [0, 0.1) is 11.3 Å². The van der Waals surface area contributed by atoms with Crippen molar-refractivity contribution in [2.75, 3.05) is 7.11 Å². The molecule has 0 heterocycles. The first-order valence-electron chi connectivity index (χ1n) is 6.28. The number of rotatable bonds is 2. The van der Waals surface area contributed by atoms with Crippen molar-refractivity contribution >= 4 is 0 Å². The highest BCUT2D eigenvalue weighted by molar-refractivity contribution is 5.35. The number of nitrogens with two attached hydrogens (primary N) is 1. The van der Waals surface area contributed by atoms with E-state index < -0.39 is 0 Å². The van der Waals surface area contributed by atoms with Crippen molar-refractivity contribution in [1.82, 2.24) is 0 Å². The van der Waals surface area contributed by atoms with Crippen molar-refractivity contribution in [3.05, 3.63) is 29.8 Å². The highest BCUT2D eigenvalue weighted by Crippen LogP contribution is 2.51. The van der Waals surface area contributed by atoms with E-state index in [1.807, 2.05) is 12.1 Å².